The quantitative estimate of drug-likeness (QED) is 0.555. The first-order valence-corrected chi connectivity index (χ1v) is 8.29. The van der Waals surface area contributed by atoms with E-state index in [1.165, 1.54) is 12.7 Å². The third kappa shape index (κ3) is 5.46. The molecule has 0 unspecified atom stereocenters. The summed E-state index contributed by atoms with van der Waals surface area (Å²) in [6.07, 6.45) is 1.84. The van der Waals surface area contributed by atoms with Gasteiger partial charge in [0.2, 0.25) is 0 Å². The number of unbranched alkanes of at least 4 members (excludes halogenated alkanes) is 1. The molecule has 0 aliphatic heterocycles. The van der Waals surface area contributed by atoms with Gasteiger partial charge in [-0.3, -0.25) is 0 Å². The van der Waals surface area contributed by atoms with Crippen LogP contribution in [0, 0.1) is 6.92 Å². The Bertz CT molecular complexity index is 671. The molecule has 0 bridgehead atoms. The molecule has 5 heteroatoms. The van der Waals surface area contributed by atoms with Crippen molar-refractivity contribution in [3.05, 3.63) is 58.6 Å². The van der Waals surface area contributed by atoms with Gasteiger partial charge in [-0.1, -0.05) is 29.3 Å². The zero-order chi connectivity index (χ0) is 17.4. The average molecular weight is 348 g/mol. The van der Waals surface area contributed by atoms with Crippen LogP contribution in [0.3, 0.4) is 0 Å². The molecule has 128 valence electrons. The molecule has 0 atom stereocenters. The molecule has 1 N–H and O–H groups in total. The highest BCUT2D eigenvalue weighted by atomic mass is 35.5. The Balaban J connectivity index is 1.74. The topological polar surface area (TPSA) is 47.6 Å². The van der Waals surface area contributed by atoms with Crippen LogP contribution in [0.5, 0.6) is 5.75 Å². The summed E-state index contributed by atoms with van der Waals surface area (Å²) in [6, 6.07) is 13.2. The Morgan fingerprint density at radius 3 is 2.58 bits per heavy atom. The number of carbonyl (C=O) groups excluding carboxylic acids is 1. The maximum absolute atomic E-state index is 11.8. The van der Waals surface area contributed by atoms with Crippen LogP contribution in [0.1, 0.15) is 28.8 Å². The van der Waals surface area contributed by atoms with Gasteiger partial charge in [0.25, 0.3) is 0 Å². The van der Waals surface area contributed by atoms with Gasteiger partial charge in [-0.2, -0.15) is 0 Å². The van der Waals surface area contributed by atoms with Crippen LogP contribution in [0.2, 0.25) is 5.02 Å². The van der Waals surface area contributed by atoms with Gasteiger partial charge >= 0.3 is 5.97 Å². The number of hydrogen-bond acceptors (Lipinski definition) is 4. The minimum atomic E-state index is -0.400. The molecule has 0 aliphatic rings. The van der Waals surface area contributed by atoms with E-state index in [0.717, 1.165) is 30.8 Å². The Hall–Kier alpha value is -2.20. The highest BCUT2D eigenvalue weighted by Gasteiger charge is 2.12. The van der Waals surface area contributed by atoms with Crippen molar-refractivity contribution in [1.29, 1.82) is 0 Å². The van der Waals surface area contributed by atoms with E-state index in [4.69, 9.17) is 21.1 Å². The second-order valence-electron chi connectivity index (χ2n) is 5.48. The van der Waals surface area contributed by atoms with E-state index in [0.29, 0.717) is 17.2 Å². The molecule has 24 heavy (non-hydrogen) atoms. The van der Waals surface area contributed by atoms with Crippen molar-refractivity contribution < 1.29 is 14.3 Å². The van der Waals surface area contributed by atoms with Crippen LogP contribution in [-0.2, 0) is 4.74 Å². The van der Waals surface area contributed by atoms with Gasteiger partial charge in [0.15, 0.2) is 0 Å². The summed E-state index contributed by atoms with van der Waals surface area (Å²) in [6.45, 7) is 3.45. The summed E-state index contributed by atoms with van der Waals surface area (Å²) in [4.78, 5) is 11.8. The molecule has 0 spiro atoms. The van der Waals surface area contributed by atoms with Gasteiger partial charge in [0.05, 0.1) is 19.3 Å². The number of methoxy groups -OCH3 is 1. The van der Waals surface area contributed by atoms with Crippen LogP contribution in [0.25, 0.3) is 0 Å². The molecule has 2 aromatic rings. The summed E-state index contributed by atoms with van der Waals surface area (Å²) in [5, 5.41) is 3.75. The third-order valence-electron chi connectivity index (χ3n) is 3.56. The number of halogens is 1. The maximum atomic E-state index is 11.8. The van der Waals surface area contributed by atoms with Crippen LogP contribution in [-0.4, -0.2) is 26.2 Å². The number of rotatable bonds is 8. The zero-order valence-corrected chi connectivity index (χ0v) is 14.7. The van der Waals surface area contributed by atoms with Crippen molar-refractivity contribution in [2.24, 2.45) is 0 Å². The Morgan fingerprint density at radius 2 is 1.88 bits per heavy atom. The summed E-state index contributed by atoms with van der Waals surface area (Å²) >= 11 is 5.94. The van der Waals surface area contributed by atoms with Gasteiger partial charge in [0.1, 0.15) is 5.75 Å². The minimum absolute atomic E-state index is 0.400. The van der Waals surface area contributed by atoms with E-state index in [9.17, 15) is 4.79 Å². The molecule has 2 rings (SSSR count). The Kier molecular flexibility index (Phi) is 6.94. The minimum Gasteiger partial charge on any atom is -0.494 e. The first-order valence-electron chi connectivity index (χ1n) is 7.91. The fourth-order valence-electron chi connectivity index (χ4n) is 2.22. The predicted molar refractivity (Wildman–Crippen MR) is 97.2 cm³/mol. The number of anilines is 1. The highest BCUT2D eigenvalue weighted by Crippen LogP contribution is 2.21. The lowest BCUT2D eigenvalue weighted by atomic mass is 10.1. The predicted octanol–water partition coefficient (Wildman–Crippen LogP) is 4.71. The molecule has 4 nitrogen and oxygen atoms in total. The SMILES string of the molecule is COC(=O)c1cc(Cl)ccc1NCCCCOc1ccc(C)cc1. The molecule has 2 aromatic carbocycles. The molecule has 0 aromatic heterocycles. The molecule has 0 heterocycles. The van der Waals surface area contributed by atoms with Crippen molar-refractivity contribution in [3.63, 3.8) is 0 Å². The maximum Gasteiger partial charge on any atom is 0.340 e. The third-order valence-corrected chi connectivity index (χ3v) is 3.80. The van der Waals surface area contributed by atoms with Gasteiger partial charge < -0.3 is 14.8 Å². The highest BCUT2D eigenvalue weighted by molar-refractivity contribution is 6.31. The van der Waals surface area contributed by atoms with E-state index in [1.807, 2.05) is 24.3 Å². The number of nitrogens with one attached hydrogen (secondary N) is 1. The molecule has 0 amide bonds. The monoisotopic (exact) mass is 347 g/mol. The van der Waals surface area contributed by atoms with Gasteiger partial charge in [0, 0.05) is 17.3 Å². The normalized spacial score (nSPS) is 10.3. The first-order chi connectivity index (χ1) is 11.6. The molecule has 0 fully saturated rings. The fourth-order valence-corrected chi connectivity index (χ4v) is 2.40. The largest absolute Gasteiger partial charge is 0.494 e. The standard InChI is InChI=1S/C19H22ClNO3/c1-14-5-8-16(9-6-14)24-12-4-3-11-21-18-10-7-15(20)13-17(18)19(22)23-2/h5-10,13,21H,3-4,11-12H2,1-2H3. The lowest BCUT2D eigenvalue weighted by Crippen LogP contribution is -2.10. The van der Waals surface area contributed by atoms with Crippen LogP contribution in [0.4, 0.5) is 5.69 Å². The van der Waals surface area contributed by atoms with Crippen LogP contribution >= 0.6 is 11.6 Å². The van der Waals surface area contributed by atoms with Gasteiger partial charge in [-0.05, 0) is 50.1 Å². The van der Waals surface area contributed by atoms with E-state index in [-0.39, 0.29) is 0 Å². The van der Waals surface area contributed by atoms with E-state index in [2.05, 4.69) is 12.2 Å². The van der Waals surface area contributed by atoms with Crippen molar-refractivity contribution in [2.75, 3.05) is 25.6 Å². The number of hydrogen-bond donors (Lipinski definition) is 1. The molecule has 0 radical (unpaired) electrons. The van der Waals surface area contributed by atoms with Gasteiger partial charge in [-0.15, -0.1) is 0 Å². The van der Waals surface area contributed by atoms with Crippen LogP contribution in [0.15, 0.2) is 42.5 Å². The molecular formula is C19H22ClNO3. The first kappa shape index (κ1) is 18.1. The molecular weight excluding hydrogens is 326 g/mol. The van der Waals surface area contributed by atoms with E-state index in [1.54, 1.807) is 18.2 Å². The second-order valence-corrected chi connectivity index (χ2v) is 5.91. The Labute approximate surface area is 147 Å². The molecule has 0 saturated carbocycles. The summed E-state index contributed by atoms with van der Waals surface area (Å²) < 4.78 is 10.5. The number of esters is 1. The zero-order valence-electron chi connectivity index (χ0n) is 14.0. The van der Waals surface area contributed by atoms with E-state index >= 15 is 0 Å². The van der Waals surface area contributed by atoms with Crippen molar-refractivity contribution in [1.82, 2.24) is 0 Å². The molecule has 0 aliphatic carbocycles. The summed E-state index contributed by atoms with van der Waals surface area (Å²) in [7, 11) is 1.36. The lowest BCUT2D eigenvalue weighted by molar-refractivity contribution is 0.0602. The average Bonchev–Trinajstić information content (AvgIpc) is 2.59. The van der Waals surface area contributed by atoms with Crippen molar-refractivity contribution in [3.8, 4) is 5.75 Å². The number of carbonyl (C=O) groups is 1. The number of aryl methyl sites for hydroxylation is 1. The number of ether oxygens (including phenoxy) is 2. The lowest BCUT2D eigenvalue weighted by Gasteiger charge is -2.11. The van der Waals surface area contributed by atoms with E-state index < -0.39 is 5.97 Å². The van der Waals surface area contributed by atoms with Gasteiger partial charge in [-0.25, -0.2) is 4.79 Å². The molecule has 0 saturated heterocycles. The van der Waals surface area contributed by atoms with Crippen LogP contribution < -0.4 is 10.1 Å². The second kappa shape index (κ2) is 9.18. The fraction of sp³-hybridized carbons (Fsp3) is 0.316. The summed E-state index contributed by atoms with van der Waals surface area (Å²) in [5.41, 5.74) is 2.39. The Morgan fingerprint density at radius 1 is 1.12 bits per heavy atom. The smallest absolute Gasteiger partial charge is 0.340 e. The summed E-state index contributed by atoms with van der Waals surface area (Å²) in [5.74, 6) is 0.488. The number of benzene rings is 2. The van der Waals surface area contributed by atoms with Crippen molar-refractivity contribution >= 4 is 23.3 Å². The van der Waals surface area contributed by atoms with Crippen molar-refractivity contribution in [2.45, 2.75) is 19.8 Å².